The summed E-state index contributed by atoms with van der Waals surface area (Å²) in [7, 11) is 1.49. The molecule has 0 bridgehead atoms. The largest absolute Gasteiger partial charge is 0.322 e. The number of nitro groups is 1. The lowest BCUT2D eigenvalue weighted by Gasteiger charge is -2.01. The second-order valence-corrected chi connectivity index (χ2v) is 5.48. The smallest absolute Gasteiger partial charge is 0.296 e. The highest BCUT2D eigenvalue weighted by molar-refractivity contribution is 7.15. The van der Waals surface area contributed by atoms with Gasteiger partial charge in [0.15, 0.2) is 5.13 Å². The number of hydrogen-bond donors (Lipinski definition) is 1. The van der Waals surface area contributed by atoms with E-state index in [1.807, 2.05) is 13.8 Å². The minimum absolute atomic E-state index is 0.0852. The Morgan fingerprint density at radius 1 is 1.35 bits per heavy atom. The topological polar surface area (TPSA) is 103 Å². The van der Waals surface area contributed by atoms with Gasteiger partial charge in [0, 0.05) is 11.9 Å². The number of aromatic nitrogens is 3. The maximum Gasteiger partial charge on any atom is 0.322 e. The fourth-order valence-electron chi connectivity index (χ4n) is 1.80. The number of hydrogen-bond acceptors (Lipinski definition) is 6. The number of carbonyl (C=O) groups excluding carboxylic acids is 1. The summed E-state index contributed by atoms with van der Waals surface area (Å²) >= 11 is 1.32. The van der Waals surface area contributed by atoms with Gasteiger partial charge in [-0.05, 0) is 20.8 Å². The van der Waals surface area contributed by atoms with Crippen molar-refractivity contribution in [3.05, 3.63) is 32.1 Å². The van der Waals surface area contributed by atoms with E-state index in [4.69, 9.17) is 0 Å². The number of anilines is 1. The van der Waals surface area contributed by atoms with E-state index in [1.165, 1.54) is 30.0 Å². The first-order chi connectivity index (χ1) is 9.31. The molecule has 2 rings (SSSR count). The first kappa shape index (κ1) is 14.1. The monoisotopic (exact) mass is 295 g/mol. The van der Waals surface area contributed by atoms with Crippen LogP contribution in [0.2, 0.25) is 0 Å². The van der Waals surface area contributed by atoms with Gasteiger partial charge in [0.2, 0.25) is 5.69 Å². The van der Waals surface area contributed by atoms with Crippen LogP contribution in [0.15, 0.2) is 0 Å². The lowest BCUT2D eigenvalue weighted by atomic mass is 10.3. The van der Waals surface area contributed by atoms with Crippen molar-refractivity contribution < 1.29 is 9.72 Å². The lowest BCUT2D eigenvalue weighted by Crippen LogP contribution is -2.17. The molecule has 0 spiro atoms. The second kappa shape index (κ2) is 5.00. The summed E-state index contributed by atoms with van der Waals surface area (Å²) in [6.45, 7) is 5.21. The molecule has 106 valence electrons. The Balaban J connectivity index is 2.36. The van der Waals surface area contributed by atoms with Crippen molar-refractivity contribution in [2.45, 2.75) is 20.8 Å². The van der Waals surface area contributed by atoms with Crippen LogP contribution in [0, 0.1) is 30.9 Å². The highest BCUT2D eigenvalue weighted by Gasteiger charge is 2.29. The normalized spacial score (nSPS) is 10.6. The zero-order valence-corrected chi connectivity index (χ0v) is 12.2. The first-order valence-electron chi connectivity index (χ1n) is 5.74. The molecule has 0 saturated carbocycles. The Bertz CT molecular complexity index is 684. The van der Waals surface area contributed by atoms with Gasteiger partial charge in [0.05, 0.1) is 10.6 Å². The van der Waals surface area contributed by atoms with Crippen LogP contribution < -0.4 is 5.32 Å². The summed E-state index contributed by atoms with van der Waals surface area (Å²) in [5.74, 6) is -0.589. The molecule has 0 atom stereocenters. The molecule has 1 amide bonds. The third-order valence-corrected chi connectivity index (χ3v) is 3.83. The van der Waals surface area contributed by atoms with Crippen LogP contribution in [0.4, 0.5) is 10.8 Å². The van der Waals surface area contributed by atoms with Crippen molar-refractivity contribution in [1.82, 2.24) is 14.8 Å². The van der Waals surface area contributed by atoms with Gasteiger partial charge in [-0.25, -0.2) is 4.98 Å². The van der Waals surface area contributed by atoms with Crippen molar-refractivity contribution in [3.63, 3.8) is 0 Å². The molecule has 2 aromatic rings. The van der Waals surface area contributed by atoms with E-state index in [2.05, 4.69) is 15.4 Å². The number of nitrogens with zero attached hydrogens (tertiary/aromatic N) is 4. The number of aryl methyl sites for hydroxylation is 4. The van der Waals surface area contributed by atoms with Crippen LogP contribution in [0.3, 0.4) is 0 Å². The van der Waals surface area contributed by atoms with Gasteiger partial charge in [-0.15, -0.1) is 11.3 Å². The van der Waals surface area contributed by atoms with E-state index in [0.717, 1.165) is 10.6 Å². The molecular formula is C11H13N5O3S. The molecule has 0 fully saturated rings. The predicted octanol–water partition coefficient (Wildman–Crippen LogP) is 1.96. The third-order valence-electron chi connectivity index (χ3n) is 2.84. The van der Waals surface area contributed by atoms with Crippen molar-refractivity contribution in [2.75, 3.05) is 5.32 Å². The van der Waals surface area contributed by atoms with Gasteiger partial charge in [0.1, 0.15) is 5.69 Å². The van der Waals surface area contributed by atoms with Gasteiger partial charge in [-0.1, -0.05) is 0 Å². The molecule has 0 unspecified atom stereocenters. The average molecular weight is 295 g/mol. The van der Waals surface area contributed by atoms with Crippen LogP contribution in [-0.4, -0.2) is 25.6 Å². The van der Waals surface area contributed by atoms with Gasteiger partial charge in [-0.2, -0.15) is 5.10 Å². The Hall–Kier alpha value is -2.29. The summed E-state index contributed by atoms with van der Waals surface area (Å²) in [5, 5.41) is 17.9. The Morgan fingerprint density at radius 3 is 2.50 bits per heavy atom. The summed E-state index contributed by atoms with van der Waals surface area (Å²) in [5.41, 5.74) is 0.656. The minimum atomic E-state index is -0.602. The highest BCUT2D eigenvalue weighted by Crippen LogP contribution is 2.25. The number of carbonyl (C=O) groups is 1. The van der Waals surface area contributed by atoms with Crippen molar-refractivity contribution >= 4 is 28.1 Å². The molecule has 0 aliphatic rings. The van der Waals surface area contributed by atoms with E-state index < -0.39 is 10.8 Å². The molecule has 0 aliphatic heterocycles. The quantitative estimate of drug-likeness (QED) is 0.688. The molecule has 2 aromatic heterocycles. The van der Waals surface area contributed by atoms with Gasteiger partial charge < -0.3 is 0 Å². The molecule has 20 heavy (non-hydrogen) atoms. The molecule has 0 saturated heterocycles. The standard InChI is InChI=1S/C11H13N5O3S/c1-5-7(3)20-11(12-5)13-10(17)9-8(16(18)19)6(2)14-15(9)4/h1-4H3,(H,12,13,17). The first-order valence-corrected chi connectivity index (χ1v) is 6.56. The van der Waals surface area contributed by atoms with Gasteiger partial charge in [-0.3, -0.25) is 24.9 Å². The van der Waals surface area contributed by atoms with Crippen molar-refractivity contribution in [1.29, 1.82) is 0 Å². The Labute approximate surface area is 118 Å². The van der Waals surface area contributed by atoms with Gasteiger partial charge in [0.25, 0.3) is 5.91 Å². The summed E-state index contributed by atoms with van der Waals surface area (Å²) in [4.78, 5) is 27.8. The van der Waals surface area contributed by atoms with E-state index in [0.29, 0.717) is 5.13 Å². The molecule has 0 radical (unpaired) electrons. The molecule has 2 heterocycles. The van der Waals surface area contributed by atoms with E-state index in [-0.39, 0.29) is 17.1 Å². The molecular weight excluding hydrogens is 282 g/mol. The van der Waals surface area contributed by atoms with E-state index >= 15 is 0 Å². The molecule has 1 N–H and O–H groups in total. The zero-order chi connectivity index (χ0) is 15.0. The molecule has 9 heteroatoms. The molecule has 0 aromatic carbocycles. The van der Waals surface area contributed by atoms with Crippen LogP contribution >= 0.6 is 11.3 Å². The average Bonchev–Trinajstić information content (AvgIpc) is 2.79. The Morgan fingerprint density at radius 2 is 2.00 bits per heavy atom. The predicted molar refractivity (Wildman–Crippen MR) is 74.1 cm³/mol. The lowest BCUT2D eigenvalue weighted by molar-refractivity contribution is -0.385. The summed E-state index contributed by atoms with van der Waals surface area (Å²) < 4.78 is 1.20. The SMILES string of the molecule is Cc1nc(NC(=O)c2c([N+](=O)[O-])c(C)nn2C)sc1C. The second-order valence-electron chi connectivity index (χ2n) is 4.28. The molecule has 8 nitrogen and oxygen atoms in total. The minimum Gasteiger partial charge on any atom is -0.296 e. The summed E-state index contributed by atoms with van der Waals surface area (Å²) in [6.07, 6.45) is 0. The number of rotatable bonds is 3. The van der Waals surface area contributed by atoms with E-state index in [9.17, 15) is 14.9 Å². The molecule has 0 aliphatic carbocycles. The third kappa shape index (κ3) is 2.39. The maximum atomic E-state index is 12.2. The maximum absolute atomic E-state index is 12.2. The van der Waals surface area contributed by atoms with Crippen LogP contribution in [0.1, 0.15) is 26.8 Å². The van der Waals surface area contributed by atoms with Crippen molar-refractivity contribution in [3.8, 4) is 0 Å². The van der Waals surface area contributed by atoms with Crippen LogP contribution in [-0.2, 0) is 7.05 Å². The van der Waals surface area contributed by atoms with Gasteiger partial charge >= 0.3 is 5.69 Å². The number of thiazole rings is 1. The Kier molecular flexibility index (Phi) is 3.53. The van der Waals surface area contributed by atoms with E-state index in [1.54, 1.807) is 0 Å². The highest BCUT2D eigenvalue weighted by atomic mass is 32.1. The fourth-order valence-corrected chi connectivity index (χ4v) is 2.61. The fraction of sp³-hybridized carbons (Fsp3) is 0.364. The number of amides is 1. The van der Waals surface area contributed by atoms with Crippen LogP contribution in [0.5, 0.6) is 0 Å². The number of nitrogens with one attached hydrogen (secondary N) is 1. The van der Waals surface area contributed by atoms with Crippen LogP contribution in [0.25, 0.3) is 0 Å². The van der Waals surface area contributed by atoms with Crippen molar-refractivity contribution in [2.24, 2.45) is 7.05 Å². The summed E-state index contributed by atoms with van der Waals surface area (Å²) in [6, 6.07) is 0. The zero-order valence-electron chi connectivity index (χ0n) is 11.4.